The first-order valence-electron chi connectivity index (χ1n) is 6.44. The van der Waals surface area contributed by atoms with Gasteiger partial charge in [0.1, 0.15) is 0 Å². The van der Waals surface area contributed by atoms with Crippen LogP contribution in [0.2, 0.25) is 0 Å². The molecule has 0 saturated heterocycles. The van der Waals surface area contributed by atoms with E-state index in [2.05, 4.69) is 0 Å². The highest BCUT2D eigenvalue weighted by Gasteiger charge is 2.21. The highest BCUT2D eigenvalue weighted by Crippen LogP contribution is 2.39. The van der Waals surface area contributed by atoms with Crippen molar-refractivity contribution in [1.29, 1.82) is 0 Å². The first-order chi connectivity index (χ1) is 8.72. The number of ether oxygens (including phenoxy) is 1. The zero-order chi connectivity index (χ0) is 13.0. The van der Waals surface area contributed by atoms with Gasteiger partial charge in [0.2, 0.25) is 0 Å². The summed E-state index contributed by atoms with van der Waals surface area (Å²) < 4.78 is 5.08. The van der Waals surface area contributed by atoms with E-state index < -0.39 is 0 Å². The molecular formula is C14H19NO2S. The molecule has 0 atom stereocenters. The van der Waals surface area contributed by atoms with Crippen molar-refractivity contribution in [2.75, 3.05) is 12.3 Å². The largest absolute Gasteiger partial charge is 0.462 e. The first-order valence-corrected chi connectivity index (χ1v) is 7.32. The van der Waals surface area contributed by atoms with Gasteiger partial charge in [-0.3, -0.25) is 0 Å². The molecule has 1 saturated carbocycles. The Hall–Kier alpha value is -1.16. The number of rotatable bonds is 4. The zero-order valence-corrected chi connectivity index (χ0v) is 11.5. The smallest absolute Gasteiger partial charge is 0.339 e. The van der Waals surface area contributed by atoms with Crippen molar-refractivity contribution in [3.05, 3.63) is 23.8 Å². The van der Waals surface area contributed by atoms with E-state index in [-0.39, 0.29) is 5.97 Å². The molecule has 0 aromatic heterocycles. The second-order valence-corrected chi connectivity index (χ2v) is 5.78. The Balaban J connectivity index is 2.22. The Kier molecular flexibility index (Phi) is 4.53. The van der Waals surface area contributed by atoms with Crippen LogP contribution in [0.15, 0.2) is 23.1 Å². The lowest BCUT2D eigenvalue weighted by Gasteiger charge is -2.14. The van der Waals surface area contributed by atoms with Crippen LogP contribution in [-0.4, -0.2) is 17.8 Å². The molecule has 4 heteroatoms. The molecule has 2 N–H and O–H groups in total. The van der Waals surface area contributed by atoms with Crippen LogP contribution < -0.4 is 5.73 Å². The summed E-state index contributed by atoms with van der Waals surface area (Å²) in [6.07, 6.45) is 4.97. The van der Waals surface area contributed by atoms with Gasteiger partial charge < -0.3 is 10.5 Å². The van der Waals surface area contributed by atoms with Crippen LogP contribution >= 0.6 is 11.8 Å². The second kappa shape index (κ2) is 6.14. The van der Waals surface area contributed by atoms with Crippen molar-refractivity contribution in [3.63, 3.8) is 0 Å². The topological polar surface area (TPSA) is 52.3 Å². The minimum absolute atomic E-state index is 0.273. The van der Waals surface area contributed by atoms with E-state index >= 15 is 0 Å². The van der Waals surface area contributed by atoms with E-state index in [1.807, 2.05) is 13.0 Å². The lowest BCUT2D eigenvalue weighted by Crippen LogP contribution is -2.09. The molecule has 98 valence electrons. The Bertz CT molecular complexity index is 428. The number of thioether (sulfide) groups is 1. The third-order valence-electron chi connectivity index (χ3n) is 3.13. The Morgan fingerprint density at radius 1 is 1.44 bits per heavy atom. The monoisotopic (exact) mass is 265 g/mol. The summed E-state index contributed by atoms with van der Waals surface area (Å²) in [5.41, 5.74) is 7.29. The molecule has 0 bridgehead atoms. The molecule has 0 aliphatic heterocycles. The summed E-state index contributed by atoms with van der Waals surface area (Å²) >= 11 is 1.73. The minimum atomic E-state index is -0.273. The number of carbonyl (C=O) groups excluding carboxylic acids is 1. The summed E-state index contributed by atoms with van der Waals surface area (Å²) in [5.74, 6) is -0.273. The molecule has 1 aromatic carbocycles. The van der Waals surface area contributed by atoms with Crippen LogP contribution in [0.25, 0.3) is 0 Å². The molecule has 0 radical (unpaired) electrons. The molecule has 1 aliphatic carbocycles. The van der Waals surface area contributed by atoms with Gasteiger partial charge >= 0.3 is 5.97 Å². The highest BCUT2D eigenvalue weighted by molar-refractivity contribution is 8.00. The maximum Gasteiger partial charge on any atom is 0.339 e. The van der Waals surface area contributed by atoms with Crippen molar-refractivity contribution in [3.8, 4) is 0 Å². The van der Waals surface area contributed by atoms with Crippen molar-refractivity contribution in [2.24, 2.45) is 0 Å². The lowest BCUT2D eigenvalue weighted by atomic mass is 10.2. The summed E-state index contributed by atoms with van der Waals surface area (Å²) in [7, 11) is 0. The molecule has 18 heavy (non-hydrogen) atoms. The molecule has 0 amide bonds. The van der Waals surface area contributed by atoms with Crippen LogP contribution in [0.3, 0.4) is 0 Å². The Morgan fingerprint density at radius 3 is 2.83 bits per heavy atom. The van der Waals surface area contributed by atoms with Gasteiger partial charge in [0.25, 0.3) is 0 Å². The quantitative estimate of drug-likeness (QED) is 0.669. The van der Waals surface area contributed by atoms with Crippen molar-refractivity contribution in [2.45, 2.75) is 42.8 Å². The van der Waals surface area contributed by atoms with Crippen LogP contribution in [0.4, 0.5) is 5.69 Å². The van der Waals surface area contributed by atoms with Gasteiger partial charge in [0.15, 0.2) is 0 Å². The zero-order valence-electron chi connectivity index (χ0n) is 10.6. The summed E-state index contributed by atoms with van der Waals surface area (Å²) in [6.45, 7) is 2.20. The number of anilines is 1. The third kappa shape index (κ3) is 2.99. The number of hydrogen-bond acceptors (Lipinski definition) is 4. The minimum Gasteiger partial charge on any atom is -0.462 e. The number of hydrogen-bond donors (Lipinski definition) is 1. The maximum absolute atomic E-state index is 11.9. The van der Waals surface area contributed by atoms with Crippen LogP contribution in [0, 0.1) is 0 Å². The van der Waals surface area contributed by atoms with Crippen LogP contribution in [0.1, 0.15) is 43.0 Å². The van der Waals surface area contributed by atoms with E-state index in [4.69, 9.17) is 10.5 Å². The van der Waals surface area contributed by atoms with Gasteiger partial charge in [-0.05, 0) is 31.9 Å². The van der Waals surface area contributed by atoms with E-state index in [0.717, 1.165) is 4.90 Å². The average Bonchev–Trinajstić information content (AvgIpc) is 2.85. The second-order valence-electron chi connectivity index (χ2n) is 4.47. The van der Waals surface area contributed by atoms with E-state index in [1.54, 1.807) is 23.9 Å². The van der Waals surface area contributed by atoms with Crippen LogP contribution in [-0.2, 0) is 4.74 Å². The predicted octanol–water partition coefficient (Wildman–Crippen LogP) is 3.48. The number of carbonyl (C=O) groups is 1. The third-order valence-corrected chi connectivity index (χ3v) is 4.62. The fourth-order valence-electron chi connectivity index (χ4n) is 2.23. The molecule has 3 nitrogen and oxygen atoms in total. The number of nitrogens with two attached hydrogens (primary N) is 1. The number of nitrogen functional groups attached to an aromatic ring is 1. The Labute approximate surface area is 112 Å². The average molecular weight is 265 g/mol. The van der Waals surface area contributed by atoms with E-state index in [1.165, 1.54) is 25.7 Å². The molecule has 1 aromatic rings. The van der Waals surface area contributed by atoms with Gasteiger partial charge in [-0.2, -0.15) is 0 Å². The molecule has 0 spiro atoms. The molecule has 1 aliphatic rings. The molecule has 1 fully saturated rings. The van der Waals surface area contributed by atoms with Crippen molar-refractivity contribution >= 4 is 23.4 Å². The molecular weight excluding hydrogens is 246 g/mol. The summed E-state index contributed by atoms with van der Waals surface area (Å²) in [4.78, 5) is 12.8. The number of esters is 1. The predicted molar refractivity (Wildman–Crippen MR) is 74.9 cm³/mol. The SMILES string of the molecule is CCOC(=O)c1cccc(N)c1SC1CCCC1. The summed E-state index contributed by atoms with van der Waals surface area (Å²) in [6, 6.07) is 5.45. The fourth-order valence-corrected chi connectivity index (χ4v) is 3.61. The lowest BCUT2D eigenvalue weighted by molar-refractivity contribution is 0.0522. The molecule has 2 rings (SSSR count). The van der Waals surface area contributed by atoms with E-state index in [9.17, 15) is 4.79 Å². The maximum atomic E-state index is 11.9. The van der Waals surface area contributed by atoms with Gasteiger partial charge in [-0.25, -0.2) is 4.79 Å². The fraction of sp³-hybridized carbons (Fsp3) is 0.500. The van der Waals surface area contributed by atoms with Crippen molar-refractivity contribution in [1.82, 2.24) is 0 Å². The summed E-state index contributed by atoms with van der Waals surface area (Å²) in [5, 5.41) is 0.586. The van der Waals surface area contributed by atoms with Crippen molar-refractivity contribution < 1.29 is 9.53 Å². The Morgan fingerprint density at radius 2 is 2.17 bits per heavy atom. The van der Waals surface area contributed by atoms with Gasteiger partial charge in [0.05, 0.1) is 12.2 Å². The van der Waals surface area contributed by atoms with E-state index in [0.29, 0.717) is 23.1 Å². The standard InChI is InChI=1S/C14H19NO2S/c1-2-17-14(16)11-8-5-9-12(15)13(11)18-10-6-3-4-7-10/h5,8-10H,2-4,6-7,15H2,1H3. The molecule has 0 heterocycles. The van der Waals surface area contributed by atoms with Gasteiger partial charge in [0, 0.05) is 15.8 Å². The highest BCUT2D eigenvalue weighted by atomic mass is 32.2. The molecule has 0 unspecified atom stereocenters. The number of benzene rings is 1. The first kappa shape index (κ1) is 13.3. The van der Waals surface area contributed by atoms with Gasteiger partial charge in [-0.15, -0.1) is 11.8 Å². The van der Waals surface area contributed by atoms with Crippen LogP contribution in [0.5, 0.6) is 0 Å². The van der Waals surface area contributed by atoms with Gasteiger partial charge in [-0.1, -0.05) is 18.9 Å². The normalized spacial score (nSPS) is 15.8.